The van der Waals surface area contributed by atoms with Crippen LogP contribution < -0.4 is 5.32 Å². The van der Waals surface area contributed by atoms with E-state index in [9.17, 15) is 4.79 Å². The number of hydrogen-bond donors (Lipinski definition) is 1. The fourth-order valence-electron chi connectivity index (χ4n) is 3.68. The van der Waals surface area contributed by atoms with Crippen molar-refractivity contribution < 1.29 is 9.21 Å². The zero-order valence-corrected chi connectivity index (χ0v) is 18.0. The summed E-state index contributed by atoms with van der Waals surface area (Å²) in [7, 11) is 0. The van der Waals surface area contributed by atoms with Crippen molar-refractivity contribution in [3.8, 4) is 22.8 Å². The van der Waals surface area contributed by atoms with Crippen molar-refractivity contribution in [3.05, 3.63) is 89.6 Å². The van der Waals surface area contributed by atoms with Gasteiger partial charge in [0.2, 0.25) is 11.7 Å². The molecule has 7 nitrogen and oxygen atoms in total. The number of fused-ring (bicyclic) bond motifs is 1. The Kier molecular flexibility index (Phi) is 4.78. The van der Waals surface area contributed by atoms with E-state index in [-0.39, 0.29) is 5.91 Å². The topological polar surface area (TPSA) is 85.3 Å². The molecule has 0 spiro atoms. The molecule has 1 N–H and O–H groups in total. The van der Waals surface area contributed by atoms with Crippen LogP contribution in [0.2, 0.25) is 0 Å². The molecule has 158 valence electrons. The van der Waals surface area contributed by atoms with Crippen molar-refractivity contribution in [1.82, 2.24) is 19.6 Å². The maximum absolute atomic E-state index is 13.0. The first-order valence-electron chi connectivity index (χ1n) is 10.3. The van der Waals surface area contributed by atoms with Crippen molar-refractivity contribution >= 4 is 17.1 Å². The predicted molar refractivity (Wildman–Crippen MR) is 123 cm³/mol. The first kappa shape index (κ1) is 19.7. The summed E-state index contributed by atoms with van der Waals surface area (Å²) in [6.07, 6.45) is 3.68. The van der Waals surface area contributed by atoms with Crippen molar-refractivity contribution in [1.29, 1.82) is 0 Å². The molecule has 32 heavy (non-hydrogen) atoms. The first-order chi connectivity index (χ1) is 15.5. The highest BCUT2D eigenvalue weighted by molar-refractivity contribution is 6.06. The Balaban J connectivity index is 1.53. The van der Waals surface area contributed by atoms with Crippen LogP contribution in [0.1, 0.15) is 27.4 Å². The van der Waals surface area contributed by atoms with E-state index in [1.54, 1.807) is 13.1 Å². The first-order valence-corrected chi connectivity index (χ1v) is 10.3. The Morgan fingerprint density at radius 1 is 1.00 bits per heavy atom. The van der Waals surface area contributed by atoms with E-state index in [4.69, 9.17) is 4.42 Å². The molecule has 0 bridgehead atoms. The third kappa shape index (κ3) is 3.54. The van der Waals surface area contributed by atoms with E-state index in [2.05, 4.69) is 20.5 Å². The third-order valence-corrected chi connectivity index (χ3v) is 5.39. The van der Waals surface area contributed by atoms with Gasteiger partial charge in [-0.15, -0.1) is 10.2 Å². The Morgan fingerprint density at radius 2 is 1.81 bits per heavy atom. The van der Waals surface area contributed by atoms with Gasteiger partial charge in [0.25, 0.3) is 11.8 Å². The van der Waals surface area contributed by atoms with Gasteiger partial charge < -0.3 is 9.73 Å². The molecule has 0 atom stereocenters. The molecule has 2 aromatic carbocycles. The average Bonchev–Trinajstić information content (AvgIpc) is 3.41. The van der Waals surface area contributed by atoms with Crippen molar-refractivity contribution in [2.75, 3.05) is 5.32 Å². The van der Waals surface area contributed by atoms with Gasteiger partial charge >= 0.3 is 0 Å². The van der Waals surface area contributed by atoms with E-state index in [1.165, 1.54) is 0 Å². The number of anilines is 1. The van der Waals surface area contributed by atoms with Crippen LogP contribution in [0.4, 0.5) is 5.69 Å². The lowest BCUT2D eigenvalue weighted by molar-refractivity contribution is 0.102. The average molecular weight is 423 g/mol. The lowest BCUT2D eigenvalue weighted by Crippen LogP contribution is -2.13. The van der Waals surface area contributed by atoms with Gasteiger partial charge in [0.1, 0.15) is 0 Å². The van der Waals surface area contributed by atoms with Crippen LogP contribution in [0.25, 0.3) is 28.4 Å². The van der Waals surface area contributed by atoms with E-state index in [0.717, 1.165) is 33.5 Å². The van der Waals surface area contributed by atoms with E-state index < -0.39 is 0 Å². The Labute approximate surface area is 184 Å². The van der Waals surface area contributed by atoms with Crippen molar-refractivity contribution in [2.24, 2.45) is 0 Å². The normalized spacial score (nSPS) is 11.1. The molecule has 0 aliphatic carbocycles. The summed E-state index contributed by atoms with van der Waals surface area (Å²) in [5.41, 5.74) is 6.19. The molecule has 7 heteroatoms. The summed E-state index contributed by atoms with van der Waals surface area (Å²) >= 11 is 0. The molecule has 3 heterocycles. The van der Waals surface area contributed by atoms with Crippen molar-refractivity contribution in [2.45, 2.75) is 20.8 Å². The van der Waals surface area contributed by atoms with E-state index >= 15 is 0 Å². The van der Waals surface area contributed by atoms with Gasteiger partial charge in [-0.05, 0) is 49.2 Å². The number of aryl methyl sites for hydroxylation is 3. The highest BCUT2D eigenvalue weighted by Crippen LogP contribution is 2.29. The lowest BCUT2D eigenvalue weighted by Gasteiger charge is -2.11. The zero-order chi connectivity index (χ0) is 22.2. The summed E-state index contributed by atoms with van der Waals surface area (Å²) in [6, 6.07) is 17.6. The second kappa shape index (κ2) is 7.77. The van der Waals surface area contributed by atoms with Gasteiger partial charge in [0.05, 0.1) is 11.7 Å². The number of benzene rings is 2. The second-order valence-electron chi connectivity index (χ2n) is 7.73. The molecule has 0 fully saturated rings. The van der Waals surface area contributed by atoms with Crippen molar-refractivity contribution in [3.63, 3.8) is 0 Å². The van der Waals surface area contributed by atoms with Gasteiger partial charge in [-0.3, -0.25) is 9.20 Å². The highest BCUT2D eigenvalue weighted by atomic mass is 16.4. The van der Waals surface area contributed by atoms with E-state index in [1.807, 2.05) is 79.0 Å². The largest absolute Gasteiger partial charge is 0.419 e. The van der Waals surface area contributed by atoms with Crippen LogP contribution in [-0.2, 0) is 0 Å². The third-order valence-electron chi connectivity index (χ3n) is 5.39. The zero-order valence-electron chi connectivity index (χ0n) is 18.0. The van der Waals surface area contributed by atoms with Gasteiger partial charge in [-0.1, -0.05) is 35.9 Å². The number of rotatable bonds is 4. The molecule has 0 saturated heterocycles. The molecule has 5 aromatic rings. The van der Waals surface area contributed by atoms with Crippen LogP contribution in [-0.4, -0.2) is 25.5 Å². The van der Waals surface area contributed by atoms with Gasteiger partial charge in [-0.2, -0.15) is 0 Å². The lowest BCUT2D eigenvalue weighted by atomic mass is 9.99. The fourth-order valence-corrected chi connectivity index (χ4v) is 3.68. The number of amides is 1. The monoisotopic (exact) mass is 423 g/mol. The maximum atomic E-state index is 13.0. The predicted octanol–water partition coefficient (Wildman–Crippen LogP) is 5.23. The molecule has 3 aromatic heterocycles. The Hall–Kier alpha value is -4.26. The molecule has 5 rings (SSSR count). The van der Waals surface area contributed by atoms with Crippen LogP contribution in [0.15, 0.2) is 71.4 Å². The number of aromatic nitrogens is 4. The van der Waals surface area contributed by atoms with Gasteiger partial charge in [0, 0.05) is 29.9 Å². The number of nitrogens with one attached hydrogen (secondary N) is 1. The van der Waals surface area contributed by atoms with Gasteiger partial charge in [0.15, 0.2) is 0 Å². The van der Waals surface area contributed by atoms with Gasteiger partial charge in [-0.25, -0.2) is 4.98 Å². The quantitative estimate of drug-likeness (QED) is 0.428. The Morgan fingerprint density at radius 3 is 2.56 bits per heavy atom. The minimum atomic E-state index is -0.143. The SMILES string of the molecule is Cc1ccc(NC(=O)c2cc(-c3cccn4c(-c5nnc(C)o5)ncc34)ccc2C)cc1. The van der Waals surface area contributed by atoms with Crippen LogP contribution in [0.3, 0.4) is 0 Å². The summed E-state index contributed by atoms with van der Waals surface area (Å²) in [4.78, 5) is 17.5. The summed E-state index contributed by atoms with van der Waals surface area (Å²) < 4.78 is 7.46. The number of nitrogens with zero attached hydrogens (tertiary/aromatic N) is 4. The minimum Gasteiger partial charge on any atom is -0.419 e. The van der Waals surface area contributed by atoms with Crippen LogP contribution in [0.5, 0.6) is 0 Å². The summed E-state index contributed by atoms with van der Waals surface area (Å²) in [6.45, 7) is 5.69. The maximum Gasteiger partial charge on any atom is 0.284 e. The highest BCUT2D eigenvalue weighted by Gasteiger charge is 2.17. The minimum absolute atomic E-state index is 0.143. The summed E-state index contributed by atoms with van der Waals surface area (Å²) in [5.74, 6) is 1.28. The molecular weight excluding hydrogens is 402 g/mol. The smallest absolute Gasteiger partial charge is 0.284 e. The fraction of sp³-hybridized carbons (Fsp3) is 0.120. The number of carbonyl (C=O) groups excluding carboxylic acids is 1. The van der Waals surface area contributed by atoms with Crippen LogP contribution in [0, 0.1) is 20.8 Å². The number of imidazole rings is 1. The molecular formula is C25H21N5O2. The Bertz CT molecular complexity index is 1450. The standard InChI is InChI=1S/C25H21N5O2/c1-15-6-10-19(11-7-15)27-24(31)21-13-18(9-8-16(21)2)20-5-4-12-30-22(20)14-26-23(30)25-29-28-17(3)32-25/h4-14H,1-3H3,(H,27,31). The molecule has 0 saturated carbocycles. The molecule has 0 radical (unpaired) electrons. The molecule has 0 aliphatic heterocycles. The molecule has 1 amide bonds. The number of carbonyl (C=O) groups is 1. The number of pyridine rings is 1. The van der Waals surface area contributed by atoms with E-state index in [0.29, 0.717) is 23.2 Å². The number of hydrogen-bond acceptors (Lipinski definition) is 5. The second-order valence-corrected chi connectivity index (χ2v) is 7.73. The molecule has 0 unspecified atom stereocenters. The summed E-state index contributed by atoms with van der Waals surface area (Å²) in [5, 5.41) is 11.0. The molecule has 0 aliphatic rings. The van der Waals surface area contributed by atoms with Crippen LogP contribution >= 0.6 is 0 Å².